The molecule has 2 aromatic rings. The lowest BCUT2D eigenvalue weighted by Gasteiger charge is -2.16. The second-order valence-electron chi connectivity index (χ2n) is 3.83. The lowest BCUT2D eigenvalue weighted by atomic mass is 10.0. The molecule has 0 aliphatic carbocycles. The maximum Gasteiger partial charge on any atom is 0.259 e. The molecule has 2 rings (SSSR count). The zero-order valence-electron chi connectivity index (χ0n) is 9.21. The molecule has 0 fully saturated rings. The van der Waals surface area contributed by atoms with Crippen molar-refractivity contribution in [2.75, 3.05) is 0 Å². The molecule has 6 heteroatoms. The SMILES string of the molecule is CCC(C)(N)c1noc(-c2ccnnc2)n1. The van der Waals surface area contributed by atoms with E-state index in [1.54, 1.807) is 18.5 Å². The van der Waals surface area contributed by atoms with Crippen molar-refractivity contribution in [1.82, 2.24) is 20.3 Å². The van der Waals surface area contributed by atoms with Gasteiger partial charge in [0.05, 0.1) is 23.5 Å². The summed E-state index contributed by atoms with van der Waals surface area (Å²) in [6.45, 7) is 3.84. The number of hydrogen-bond donors (Lipinski definition) is 1. The van der Waals surface area contributed by atoms with Gasteiger partial charge in [-0.1, -0.05) is 12.1 Å². The van der Waals surface area contributed by atoms with E-state index in [9.17, 15) is 0 Å². The van der Waals surface area contributed by atoms with Gasteiger partial charge in [0.2, 0.25) is 0 Å². The second-order valence-corrected chi connectivity index (χ2v) is 3.83. The predicted octanol–water partition coefficient (Wildman–Crippen LogP) is 1.11. The molecule has 1 atom stereocenters. The molecule has 2 heterocycles. The minimum atomic E-state index is -0.567. The fourth-order valence-electron chi connectivity index (χ4n) is 1.15. The van der Waals surface area contributed by atoms with Crippen LogP contribution in [0.4, 0.5) is 0 Å². The molecule has 0 spiro atoms. The highest BCUT2D eigenvalue weighted by Crippen LogP contribution is 2.21. The summed E-state index contributed by atoms with van der Waals surface area (Å²) in [6, 6.07) is 1.75. The van der Waals surface area contributed by atoms with Gasteiger partial charge in [0.15, 0.2) is 5.82 Å². The second kappa shape index (κ2) is 3.97. The minimum absolute atomic E-state index is 0.412. The van der Waals surface area contributed by atoms with Crippen LogP contribution in [0.2, 0.25) is 0 Å². The third kappa shape index (κ3) is 1.92. The Morgan fingerprint density at radius 2 is 2.25 bits per heavy atom. The lowest BCUT2D eigenvalue weighted by molar-refractivity contribution is 0.379. The zero-order valence-corrected chi connectivity index (χ0v) is 9.21. The van der Waals surface area contributed by atoms with Crippen molar-refractivity contribution in [2.24, 2.45) is 5.73 Å². The molecule has 0 aliphatic rings. The summed E-state index contributed by atoms with van der Waals surface area (Å²) in [7, 11) is 0. The van der Waals surface area contributed by atoms with E-state index in [1.165, 1.54) is 0 Å². The maximum absolute atomic E-state index is 6.02. The molecule has 0 aromatic carbocycles. The summed E-state index contributed by atoms with van der Waals surface area (Å²) in [5, 5.41) is 11.3. The Kier molecular flexibility index (Phi) is 2.66. The molecule has 0 aliphatic heterocycles. The van der Waals surface area contributed by atoms with Gasteiger partial charge in [-0.3, -0.25) is 0 Å². The third-order valence-electron chi connectivity index (χ3n) is 2.50. The number of nitrogens with zero attached hydrogens (tertiary/aromatic N) is 4. The summed E-state index contributed by atoms with van der Waals surface area (Å²) in [5.41, 5.74) is 6.19. The van der Waals surface area contributed by atoms with E-state index in [0.29, 0.717) is 11.7 Å². The number of hydrogen-bond acceptors (Lipinski definition) is 6. The molecule has 2 aromatic heterocycles. The Bertz CT molecular complexity index is 465. The molecule has 0 amide bonds. The van der Waals surface area contributed by atoms with Crippen LogP contribution in [0.25, 0.3) is 11.5 Å². The molecule has 1 unspecified atom stereocenters. The van der Waals surface area contributed by atoms with E-state index in [4.69, 9.17) is 10.3 Å². The Balaban J connectivity index is 2.34. The van der Waals surface area contributed by atoms with Gasteiger partial charge >= 0.3 is 0 Å². The highest BCUT2D eigenvalue weighted by molar-refractivity contribution is 5.49. The zero-order chi connectivity index (χ0) is 11.6. The van der Waals surface area contributed by atoms with Crippen molar-refractivity contribution in [3.8, 4) is 11.5 Å². The van der Waals surface area contributed by atoms with Gasteiger partial charge in [-0.05, 0) is 19.4 Å². The van der Waals surface area contributed by atoms with Crippen LogP contribution in [0.5, 0.6) is 0 Å². The number of aromatic nitrogens is 4. The average Bonchev–Trinajstić information content (AvgIpc) is 2.80. The highest BCUT2D eigenvalue weighted by atomic mass is 16.5. The molecular formula is C10H13N5O. The van der Waals surface area contributed by atoms with Gasteiger partial charge in [0, 0.05) is 0 Å². The van der Waals surface area contributed by atoms with Gasteiger partial charge in [-0.2, -0.15) is 15.2 Å². The number of nitrogens with two attached hydrogens (primary N) is 1. The fourth-order valence-corrected chi connectivity index (χ4v) is 1.15. The minimum Gasteiger partial charge on any atom is -0.334 e. The van der Waals surface area contributed by atoms with Gasteiger partial charge in [0.1, 0.15) is 0 Å². The van der Waals surface area contributed by atoms with E-state index in [1.807, 2.05) is 13.8 Å². The smallest absolute Gasteiger partial charge is 0.259 e. The van der Waals surface area contributed by atoms with Gasteiger partial charge < -0.3 is 10.3 Å². The summed E-state index contributed by atoms with van der Waals surface area (Å²) in [6.07, 6.45) is 3.87. The summed E-state index contributed by atoms with van der Waals surface area (Å²) < 4.78 is 5.13. The van der Waals surface area contributed by atoms with E-state index >= 15 is 0 Å². The van der Waals surface area contributed by atoms with Crippen LogP contribution >= 0.6 is 0 Å². The standard InChI is InChI=1S/C10H13N5O/c1-3-10(2,11)9-14-8(16-15-9)7-4-5-12-13-6-7/h4-6H,3,11H2,1-2H3. The summed E-state index contributed by atoms with van der Waals surface area (Å²) in [4.78, 5) is 4.25. The average molecular weight is 219 g/mol. The quantitative estimate of drug-likeness (QED) is 0.831. The van der Waals surface area contributed by atoms with Crippen molar-refractivity contribution in [3.63, 3.8) is 0 Å². The Hall–Kier alpha value is -1.82. The molecule has 0 radical (unpaired) electrons. The first-order valence-corrected chi connectivity index (χ1v) is 5.03. The van der Waals surface area contributed by atoms with Gasteiger partial charge in [0.25, 0.3) is 5.89 Å². The highest BCUT2D eigenvalue weighted by Gasteiger charge is 2.25. The van der Waals surface area contributed by atoms with Gasteiger partial charge in [-0.15, -0.1) is 0 Å². The van der Waals surface area contributed by atoms with Crippen molar-refractivity contribution >= 4 is 0 Å². The van der Waals surface area contributed by atoms with Crippen LogP contribution in [0.15, 0.2) is 23.0 Å². The predicted molar refractivity (Wildman–Crippen MR) is 57.2 cm³/mol. The van der Waals surface area contributed by atoms with Crippen molar-refractivity contribution < 1.29 is 4.52 Å². The van der Waals surface area contributed by atoms with Crippen LogP contribution in [0, 0.1) is 0 Å². The molecule has 2 N–H and O–H groups in total. The topological polar surface area (TPSA) is 90.7 Å². The molecule has 0 bridgehead atoms. The number of rotatable bonds is 3. The van der Waals surface area contributed by atoms with Crippen molar-refractivity contribution in [3.05, 3.63) is 24.3 Å². The molecule has 6 nitrogen and oxygen atoms in total. The summed E-state index contributed by atoms with van der Waals surface area (Å²) >= 11 is 0. The monoisotopic (exact) mass is 219 g/mol. The maximum atomic E-state index is 6.02. The first-order chi connectivity index (χ1) is 7.63. The molecular weight excluding hydrogens is 206 g/mol. The molecule has 16 heavy (non-hydrogen) atoms. The first-order valence-electron chi connectivity index (χ1n) is 5.03. The van der Waals surface area contributed by atoms with Crippen LogP contribution in [0.3, 0.4) is 0 Å². The molecule has 0 saturated carbocycles. The van der Waals surface area contributed by atoms with Crippen LogP contribution in [-0.4, -0.2) is 20.3 Å². The molecule has 84 valence electrons. The van der Waals surface area contributed by atoms with E-state index in [-0.39, 0.29) is 0 Å². The fraction of sp³-hybridized carbons (Fsp3) is 0.400. The third-order valence-corrected chi connectivity index (χ3v) is 2.50. The molecule has 0 saturated heterocycles. The van der Waals surface area contributed by atoms with Crippen LogP contribution in [-0.2, 0) is 5.54 Å². The summed E-state index contributed by atoms with van der Waals surface area (Å²) in [5.74, 6) is 0.914. The van der Waals surface area contributed by atoms with Crippen molar-refractivity contribution in [2.45, 2.75) is 25.8 Å². The Labute approximate surface area is 92.9 Å². The Morgan fingerprint density at radius 1 is 1.44 bits per heavy atom. The van der Waals surface area contributed by atoms with Crippen molar-refractivity contribution in [1.29, 1.82) is 0 Å². The largest absolute Gasteiger partial charge is 0.334 e. The first kappa shape index (κ1) is 10.7. The lowest BCUT2D eigenvalue weighted by Crippen LogP contribution is -2.33. The van der Waals surface area contributed by atoms with Gasteiger partial charge in [-0.25, -0.2) is 0 Å². The van der Waals surface area contributed by atoms with E-state index < -0.39 is 5.54 Å². The van der Waals surface area contributed by atoms with Crippen LogP contribution < -0.4 is 5.73 Å². The van der Waals surface area contributed by atoms with E-state index in [0.717, 1.165) is 12.0 Å². The van der Waals surface area contributed by atoms with Crippen LogP contribution in [0.1, 0.15) is 26.1 Å². The normalized spacial score (nSPS) is 14.7. The Morgan fingerprint density at radius 3 is 2.88 bits per heavy atom. The van der Waals surface area contributed by atoms with E-state index in [2.05, 4.69) is 20.3 Å².